The number of aliphatic hydroxyl groups excluding tert-OH is 1. The molecular formula is C6H15NO2. The predicted octanol–water partition coefficient (Wildman–Crippen LogP) is -0.208. The molecule has 0 unspecified atom stereocenters. The second kappa shape index (κ2) is 10.5. The maximum atomic E-state index is 8.80. The van der Waals surface area contributed by atoms with E-state index in [2.05, 4.69) is 5.32 Å². The third-order valence-electron chi connectivity index (χ3n) is 0.911. The number of hydrogen-bond acceptors (Lipinski definition) is 3. The zero-order valence-corrected chi connectivity index (χ0v) is 6.05. The van der Waals surface area contributed by atoms with Gasteiger partial charge in [0.05, 0.1) is 6.10 Å². The van der Waals surface area contributed by atoms with Gasteiger partial charge in [0.1, 0.15) is 6.79 Å². The van der Waals surface area contributed by atoms with E-state index in [-0.39, 0.29) is 6.10 Å². The van der Waals surface area contributed by atoms with E-state index in [0.29, 0.717) is 6.54 Å². The van der Waals surface area contributed by atoms with E-state index in [4.69, 9.17) is 9.90 Å². The van der Waals surface area contributed by atoms with E-state index in [9.17, 15) is 0 Å². The molecule has 0 rings (SSSR count). The standard InChI is InChI=1S/C5H13NO.CH2O/c1-3-5(7)4-6-2;1-2/h5-7H,3-4H2,1-2H3;1H2/t5-;/m1./s1. The summed E-state index contributed by atoms with van der Waals surface area (Å²) in [7, 11) is 1.83. The summed E-state index contributed by atoms with van der Waals surface area (Å²) in [4.78, 5) is 8.00. The lowest BCUT2D eigenvalue weighted by molar-refractivity contribution is -0.0979. The van der Waals surface area contributed by atoms with Gasteiger partial charge in [0.25, 0.3) is 0 Å². The van der Waals surface area contributed by atoms with Crippen LogP contribution < -0.4 is 5.32 Å². The number of likely N-dealkylation sites (N-methyl/N-ethyl adjacent to an activating group) is 1. The van der Waals surface area contributed by atoms with Gasteiger partial charge in [-0.2, -0.15) is 0 Å². The van der Waals surface area contributed by atoms with Crippen LogP contribution in [0.1, 0.15) is 13.3 Å². The highest BCUT2D eigenvalue weighted by atomic mass is 16.3. The number of carbonyl (C=O) groups is 1. The highest BCUT2D eigenvalue weighted by Crippen LogP contribution is 1.83. The van der Waals surface area contributed by atoms with Crippen molar-refractivity contribution in [3.05, 3.63) is 0 Å². The molecule has 0 aromatic rings. The minimum absolute atomic E-state index is 0.162. The van der Waals surface area contributed by atoms with Crippen LogP contribution in [0, 0.1) is 0 Å². The second-order valence-electron chi connectivity index (χ2n) is 1.62. The van der Waals surface area contributed by atoms with Gasteiger partial charge in [-0.25, -0.2) is 0 Å². The van der Waals surface area contributed by atoms with E-state index in [1.54, 1.807) is 0 Å². The topological polar surface area (TPSA) is 49.3 Å². The van der Waals surface area contributed by atoms with Gasteiger partial charge in [-0.1, -0.05) is 6.92 Å². The Kier molecular flexibility index (Phi) is 13.4. The van der Waals surface area contributed by atoms with E-state index in [0.717, 1.165) is 6.42 Å². The van der Waals surface area contributed by atoms with Crippen LogP contribution in [0.5, 0.6) is 0 Å². The van der Waals surface area contributed by atoms with Gasteiger partial charge in [-0.05, 0) is 13.5 Å². The Hall–Kier alpha value is -0.410. The third kappa shape index (κ3) is 11.3. The van der Waals surface area contributed by atoms with Crippen molar-refractivity contribution in [3.63, 3.8) is 0 Å². The molecule has 0 saturated heterocycles. The summed E-state index contributed by atoms with van der Waals surface area (Å²) in [6, 6.07) is 0. The average molecular weight is 133 g/mol. The molecule has 0 saturated carbocycles. The Bertz CT molecular complexity index is 50.3. The summed E-state index contributed by atoms with van der Waals surface area (Å²) in [5, 5.41) is 11.7. The quantitative estimate of drug-likeness (QED) is 0.560. The van der Waals surface area contributed by atoms with Crippen molar-refractivity contribution in [3.8, 4) is 0 Å². The van der Waals surface area contributed by atoms with Gasteiger partial charge in [-0.3, -0.25) is 0 Å². The average Bonchev–Trinajstić information content (AvgIpc) is 1.93. The third-order valence-corrected chi connectivity index (χ3v) is 0.911. The number of rotatable bonds is 3. The van der Waals surface area contributed by atoms with E-state index in [1.165, 1.54) is 0 Å². The molecule has 0 aliphatic rings. The first kappa shape index (κ1) is 11.4. The van der Waals surface area contributed by atoms with Crippen LogP contribution in [-0.4, -0.2) is 31.6 Å². The summed E-state index contributed by atoms with van der Waals surface area (Å²) in [5.74, 6) is 0. The van der Waals surface area contributed by atoms with Crippen LogP contribution >= 0.6 is 0 Å². The van der Waals surface area contributed by atoms with Gasteiger partial charge in [0.15, 0.2) is 0 Å². The molecule has 0 aromatic carbocycles. The molecule has 0 spiro atoms. The molecule has 3 nitrogen and oxygen atoms in total. The van der Waals surface area contributed by atoms with E-state index >= 15 is 0 Å². The fourth-order valence-corrected chi connectivity index (χ4v) is 0.380. The smallest absolute Gasteiger partial charge is 0.106 e. The highest BCUT2D eigenvalue weighted by Gasteiger charge is 1.93. The normalized spacial score (nSPS) is 11.4. The number of nitrogens with one attached hydrogen (secondary N) is 1. The van der Waals surface area contributed by atoms with Gasteiger partial charge in [-0.15, -0.1) is 0 Å². The lowest BCUT2D eigenvalue weighted by atomic mass is 10.3. The number of hydrogen-bond donors (Lipinski definition) is 2. The first-order valence-electron chi connectivity index (χ1n) is 2.92. The molecule has 0 fully saturated rings. The summed E-state index contributed by atoms with van der Waals surface area (Å²) < 4.78 is 0. The molecule has 0 bridgehead atoms. The molecule has 9 heavy (non-hydrogen) atoms. The fraction of sp³-hybridized carbons (Fsp3) is 0.833. The zero-order valence-electron chi connectivity index (χ0n) is 6.05. The van der Waals surface area contributed by atoms with Crippen molar-refractivity contribution in [2.45, 2.75) is 19.4 Å². The molecule has 0 aliphatic carbocycles. The van der Waals surface area contributed by atoms with E-state index in [1.807, 2.05) is 20.8 Å². The van der Waals surface area contributed by atoms with E-state index < -0.39 is 0 Å². The highest BCUT2D eigenvalue weighted by molar-refractivity contribution is 5.10. The Balaban J connectivity index is 0. The van der Waals surface area contributed by atoms with Crippen molar-refractivity contribution in [2.24, 2.45) is 0 Å². The first-order valence-corrected chi connectivity index (χ1v) is 2.92. The lowest BCUT2D eigenvalue weighted by Gasteiger charge is -2.03. The molecular weight excluding hydrogens is 118 g/mol. The molecule has 0 aromatic heterocycles. The molecule has 1 atom stereocenters. The summed E-state index contributed by atoms with van der Waals surface area (Å²) >= 11 is 0. The monoisotopic (exact) mass is 133 g/mol. The fourth-order valence-electron chi connectivity index (χ4n) is 0.380. The van der Waals surface area contributed by atoms with Crippen molar-refractivity contribution >= 4 is 6.79 Å². The minimum Gasteiger partial charge on any atom is -0.392 e. The van der Waals surface area contributed by atoms with Crippen molar-refractivity contribution < 1.29 is 9.90 Å². The van der Waals surface area contributed by atoms with Crippen LogP contribution in [0.2, 0.25) is 0 Å². The Labute approximate surface area is 56.1 Å². The van der Waals surface area contributed by atoms with Crippen LogP contribution in [0.3, 0.4) is 0 Å². The molecule has 0 amide bonds. The SMILES string of the molecule is C=O.CC[C@@H](O)CNC. The summed E-state index contributed by atoms with van der Waals surface area (Å²) in [6.07, 6.45) is 0.672. The van der Waals surface area contributed by atoms with Crippen LogP contribution in [0.4, 0.5) is 0 Å². The van der Waals surface area contributed by atoms with Gasteiger partial charge in [0.2, 0.25) is 0 Å². The predicted molar refractivity (Wildman–Crippen MR) is 37.3 cm³/mol. The molecule has 0 radical (unpaired) electrons. The van der Waals surface area contributed by atoms with Gasteiger partial charge < -0.3 is 15.2 Å². The van der Waals surface area contributed by atoms with Crippen molar-refractivity contribution in [1.82, 2.24) is 5.32 Å². The summed E-state index contributed by atoms with van der Waals surface area (Å²) in [6.45, 7) is 4.67. The molecule has 2 N–H and O–H groups in total. The maximum Gasteiger partial charge on any atom is 0.106 e. The zero-order chi connectivity index (χ0) is 7.70. The maximum absolute atomic E-state index is 8.80. The largest absolute Gasteiger partial charge is 0.392 e. The minimum atomic E-state index is -0.162. The number of aliphatic hydroxyl groups is 1. The number of carbonyl (C=O) groups excluding carboxylic acids is 1. The van der Waals surface area contributed by atoms with Crippen LogP contribution in [0.25, 0.3) is 0 Å². The van der Waals surface area contributed by atoms with Crippen molar-refractivity contribution in [2.75, 3.05) is 13.6 Å². The van der Waals surface area contributed by atoms with Crippen LogP contribution in [0.15, 0.2) is 0 Å². The lowest BCUT2D eigenvalue weighted by Crippen LogP contribution is -2.22. The Morgan fingerprint density at radius 3 is 2.22 bits per heavy atom. The van der Waals surface area contributed by atoms with Gasteiger partial charge >= 0.3 is 0 Å². The molecule has 0 heterocycles. The Morgan fingerprint density at radius 2 is 2.11 bits per heavy atom. The summed E-state index contributed by atoms with van der Waals surface area (Å²) in [5.41, 5.74) is 0. The second-order valence-corrected chi connectivity index (χ2v) is 1.62. The first-order chi connectivity index (χ1) is 4.31. The molecule has 56 valence electrons. The Morgan fingerprint density at radius 1 is 1.67 bits per heavy atom. The van der Waals surface area contributed by atoms with Gasteiger partial charge in [0, 0.05) is 6.54 Å². The van der Waals surface area contributed by atoms with Crippen LogP contribution in [-0.2, 0) is 4.79 Å². The van der Waals surface area contributed by atoms with Crippen molar-refractivity contribution in [1.29, 1.82) is 0 Å². The molecule has 0 aliphatic heterocycles. The molecule has 3 heteroatoms.